The van der Waals surface area contributed by atoms with Crippen molar-refractivity contribution < 1.29 is 8.83 Å². The summed E-state index contributed by atoms with van der Waals surface area (Å²) in [6.45, 7) is 0. The van der Waals surface area contributed by atoms with Crippen molar-refractivity contribution >= 4 is 113 Å². The lowest BCUT2D eigenvalue weighted by Crippen LogP contribution is -2.09. The van der Waals surface area contributed by atoms with E-state index >= 15 is 0 Å². The zero-order valence-electron chi connectivity index (χ0n) is 25.9. The van der Waals surface area contributed by atoms with Gasteiger partial charge in [0.1, 0.15) is 16.7 Å². The summed E-state index contributed by atoms with van der Waals surface area (Å²) in [5.41, 5.74) is 7.30. The van der Waals surface area contributed by atoms with E-state index in [-0.39, 0.29) is 0 Å². The van der Waals surface area contributed by atoms with Crippen molar-refractivity contribution in [3.63, 3.8) is 0 Å². The van der Waals surface area contributed by atoms with Gasteiger partial charge in [-0.25, -0.2) is 4.98 Å². The van der Waals surface area contributed by atoms with Gasteiger partial charge >= 0.3 is 0 Å². The smallest absolute Gasteiger partial charge is 0.227 e. The number of thiophene rings is 2. The molecule has 0 spiro atoms. The molecule has 0 amide bonds. The van der Waals surface area contributed by atoms with Crippen molar-refractivity contribution in [2.75, 3.05) is 4.90 Å². The zero-order valence-corrected chi connectivity index (χ0v) is 27.5. The number of hydrogen-bond donors (Lipinski definition) is 0. The Morgan fingerprint density at radius 3 is 1.90 bits per heavy atom. The lowest BCUT2D eigenvalue weighted by atomic mass is 10.1. The predicted molar refractivity (Wildman–Crippen MR) is 207 cm³/mol. The molecule has 0 saturated carbocycles. The molecule has 0 atom stereocenters. The van der Waals surface area contributed by atoms with E-state index in [1.165, 1.54) is 40.3 Å². The maximum atomic E-state index is 6.48. The van der Waals surface area contributed by atoms with Gasteiger partial charge in [-0.05, 0) is 84.9 Å². The fourth-order valence-electron chi connectivity index (χ4n) is 7.23. The number of nitrogens with zero attached hydrogens (tertiary/aromatic N) is 2. The van der Waals surface area contributed by atoms with Crippen molar-refractivity contribution in [3.8, 4) is 11.5 Å². The number of rotatable bonds is 4. The third-order valence-electron chi connectivity index (χ3n) is 9.49. The number of furan rings is 1. The minimum atomic E-state index is 0.600. The summed E-state index contributed by atoms with van der Waals surface area (Å²) in [7, 11) is 0. The lowest BCUT2D eigenvalue weighted by molar-refractivity contribution is 0.622. The monoisotopic (exact) mass is 664 g/mol. The van der Waals surface area contributed by atoms with E-state index in [0.29, 0.717) is 5.89 Å². The third-order valence-corrected chi connectivity index (χ3v) is 11.8. The van der Waals surface area contributed by atoms with E-state index in [0.717, 1.165) is 55.7 Å². The van der Waals surface area contributed by atoms with Crippen LogP contribution in [0.4, 0.5) is 17.1 Å². The van der Waals surface area contributed by atoms with Crippen LogP contribution in [0.5, 0.6) is 0 Å². The van der Waals surface area contributed by atoms with E-state index in [4.69, 9.17) is 13.8 Å². The Bertz CT molecular complexity index is 3080. The van der Waals surface area contributed by atoms with Crippen molar-refractivity contribution in [1.29, 1.82) is 0 Å². The van der Waals surface area contributed by atoms with Gasteiger partial charge in [0.25, 0.3) is 0 Å². The number of hydrogen-bond acceptors (Lipinski definition) is 6. The van der Waals surface area contributed by atoms with E-state index in [2.05, 4.69) is 108 Å². The van der Waals surface area contributed by atoms with Crippen LogP contribution in [0.1, 0.15) is 0 Å². The van der Waals surface area contributed by atoms with Crippen molar-refractivity contribution in [1.82, 2.24) is 4.98 Å². The number of aromatic nitrogens is 1. The van der Waals surface area contributed by atoms with Crippen LogP contribution in [-0.4, -0.2) is 4.98 Å². The van der Waals surface area contributed by atoms with Crippen molar-refractivity contribution in [2.45, 2.75) is 0 Å². The van der Waals surface area contributed by atoms with Gasteiger partial charge in [-0.15, -0.1) is 22.7 Å². The molecule has 11 rings (SSSR count). The molecule has 0 aliphatic carbocycles. The second kappa shape index (κ2) is 10.3. The molecule has 4 heterocycles. The maximum absolute atomic E-state index is 6.48. The minimum absolute atomic E-state index is 0.600. The van der Waals surface area contributed by atoms with Gasteiger partial charge in [-0.1, -0.05) is 60.7 Å². The van der Waals surface area contributed by atoms with E-state index in [1.54, 1.807) is 0 Å². The molecule has 4 nitrogen and oxygen atoms in total. The summed E-state index contributed by atoms with van der Waals surface area (Å²) in [6.07, 6.45) is 0. The van der Waals surface area contributed by atoms with Gasteiger partial charge in [0, 0.05) is 68.4 Å². The van der Waals surface area contributed by atoms with Crippen LogP contribution in [0.25, 0.3) is 84.8 Å². The van der Waals surface area contributed by atoms with E-state index < -0.39 is 0 Å². The highest BCUT2D eigenvalue weighted by Crippen LogP contribution is 2.45. The fourth-order valence-corrected chi connectivity index (χ4v) is 9.46. The first-order valence-electron chi connectivity index (χ1n) is 16.2. The number of fused-ring (bicyclic) bond motifs is 11. The first-order valence-corrected chi connectivity index (χ1v) is 17.8. The van der Waals surface area contributed by atoms with Crippen LogP contribution in [0.3, 0.4) is 0 Å². The summed E-state index contributed by atoms with van der Waals surface area (Å²) in [4.78, 5) is 7.22. The van der Waals surface area contributed by atoms with Crippen molar-refractivity contribution in [2.24, 2.45) is 0 Å². The summed E-state index contributed by atoms with van der Waals surface area (Å²) < 4.78 is 18.0. The zero-order chi connectivity index (χ0) is 32.1. The Labute approximate surface area is 287 Å². The summed E-state index contributed by atoms with van der Waals surface area (Å²) in [5.74, 6) is 0.600. The number of oxazole rings is 1. The summed E-state index contributed by atoms with van der Waals surface area (Å²) >= 11 is 3.68. The highest BCUT2D eigenvalue weighted by molar-refractivity contribution is 7.26. The van der Waals surface area contributed by atoms with Gasteiger partial charge < -0.3 is 13.7 Å². The molecule has 0 bridgehead atoms. The Morgan fingerprint density at radius 2 is 1.06 bits per heavy atom. The molecule has 49 heavy (non-hydrogen) atoms. The van der Waals surface area contributed by atoms with Crippen LogP contribution in [0, 0.1) is 0 Å². The number of anilines is 3. The molecule has 0 fully saturated rings. The highest BCUT2D eigenvalue weighted by atomic mass is 32.1. The van der Waals surface area contributed by atoms with Gasteiger partial charge in [-0.3, -0.25) is 0 Å². The van der Waals surface area contributed by atoms with Crippen LogP contribution in [-0.2, 0) is 0 Å². The average Bonchev–Trinajstić information content (AvgIpc) is 3.92. The van der Waals surface area contributed by atoms with Gasteiger partial charge in [0.2, 0.25) is 5.89 Å². The van der Waals surface area contributed by atoms with Crippen LogP contribution < -0.4 is 4.90 Å². The molecular formula is C43H24N2O2S2. The molecule has 0 radical (unpaired) electrons. The average molecular weight is 665 g/mol. The van der Waals surface area contributed by atoms with Gasteiger partial charge in [0.15, 0.2) is 5.58 Å². The Morgan fingerprint density at radius 1 is 0.449 bits per heavy atom. The molecule has 0 saturated heterocycles. The third kappa shape index (κ3) is 4.11. The molecule has 11 aromatic rings. The van der Waals surface area contributed by atoms with Gasteiger partial charge in [-0.2, -0.15) is 0 Å². The van der Waals surface area contributed by atoms with E-state index in [9.17, 15) is 0 Å². The fraction of sp³-hybridized carbons (Fsp3) is 0. The SMILES string of the molecule is c1ccc(-c2nc3ccc4oc5ccc(N(c6ccc7c(c6)sc6ccccc67)c6ccc7sc8ccccc8c7c6)cc5c4c3o2)cc1. The quantitative estimate of drug-likeness (QED) is 0.188. The minimum Gasteiger partial charge on any atom is -0.456 e. The largest absolute Gasteiger partial charge is 0.456 e. The first kappa shape index (κ1) is 27.0. The molecule has 0 N–H and O–H groups in total. The lowest BCUT2D eigenvalue weighted by Gasteiger charge is -2.26. The molecular weight excluding hydrogens is 641 g/mol. The molecule has 4 aromatic heterocycles. The Balaban J connectivity index is 1.16. The normalized spacial score (nSPS) is 12.1. The summed E-state index contributed by atoms with van der Waals surface area (Å²) in [5, 5.41) is 7.04. The van der Waals surface area contributed by atoms with Gasteiger partial charge in [0.05, 0.1) is 5.39 Å². The predicted octanol–water partition coefficient (Wildman–Crippen LogP) is 13.6. The second-order valence-electron chi connectivity index (χ2n) is 12.3. The topological polar surface area (TPSA) is 42.4 Å². The molecule has 7 aromatic carbocycles. The number of benzene rings is 7. The van der Waals surface area contributed by atoms with Crippen LogP contribution in [0.2, 0.25) is 0 Å². The Kier molecular flexibility index (Phi) is 5.67. The first-order chi connectivity index (χ1) is 24.2. The molecule has 0 unspecified atom stereocenters. The maximum Gasteiger partial charge on any atom is 0.227 e. The Hall–Kier alpha value is -5.95. The molecule has 0 aliphatic heterocycles. The summed E-state index contributed by atoms with van der Waals surface area (Å²) in [6, 6.07) is 51.5. The standard InChI is InChI=1S/C43H24N2O2S2/c1-2-8-25(9-3-1)43-44-34-18-20-36-41(42(34)47-43)33-23-26(15-19-35(33)46-36)45(27-16-21-39-32(22-27)30-11-5-7-13-38(30)48-39)28-14-17-31-29-10-4-6-12-37(29)49-40(31)24-28/h1-24H. The highest BCUT2D eigenvalue weighted by Gasteiger charge is 2.21. The van der Waals surface area contributed by atoms with Crippen LogP contribution >= 0.6 is 22.7 Å². The van der Waals surface area contributed by atoms with E-state index in [1.807, 2.05) is 65.1 Å². The van der Waals surface area contributed by atoms with Crippen LogP contribution in [0.15, 0.2) is 154 Å². The molecule has 230 valence electrons. The molecule has 0 aliphatic rings. The van der Waals surface area contributed by atoms with Crippen molar-refractivity contribution in [3.05, 3.63) is 146 Å². The second-order valence-corrected chi connectivity index (χ2v) is 14.5. The molecule has 6 heteroatoms.